The molecule has 0 bridgehead atoms. The van der Waals surface area contributed by atoms with E-state index in [4.69, 9.17) is 11.6 Å². The lowest BCUT2D eigenvalue weighted by atomic mass is 9.87. The van der Waals surface area contributed by atoms with E-state index >= 15 is 0 Å². The summed E-state index contributed by atoms with van der Waals surface area (Å²) < 4.78 is 0.848. The first-order valence-corrected chi connectivity index (χ1v) is 7.69. The zero-order valence-corrected chi connectivity index (χ0v) is 12.9. The molecule has 2 nitrogen and oxygen atoms in total. The van der Waals surface area contributed by atoms with Crippen LogP contribution in [0.4, 0.5) is 0 Å². The minimum Gasteiger partial charge on any atom is -0.392 e. The fourth-order valence-electron chi connectivity index (χ4n) is 2.86. The van der Waals surface area contributed by atoms with Crippen molar-refractivity contribution >= 4 is 22.9 Å². The third kappa shape index (κ3) is 3.27. The lowest BCUT2D eigenvalue weighted by Crippen LogP contribution is -2.34. The maximum atomic E-state index is 10.3. The average Bonchev–Trinajstić information content (AvgIpc) is 2.78. The van der Waals surface area contributed by atoms with E-state index in [1.807, 2.05) is 6.07 Å². The number of hydrogen-bond acceptors (Lipinski definition) is 3. The molecule has 0 radical (unpaired) electrons. The van der Waals surface area contributed by atoms with Gasteiger partial charge in [0, 0.05) is 18.0 Å². The van der Waals surface area contributed by atoms with Gasteiger partial charge in [0.2, 0.25) is 0 Å². The number of rotatable bonds is 4. The van der Waals surface area contributed by atoms with Gasteiger partial charge in [-0.05, 0) is 43.4 Å². The van der Waals surface area contributed by atoms with E-state index in [2.05, 4.69) is 31.9 Å². The molecule has 0 aromatic carbocycles. The molecule has 0 saturated heterocycles. The van der Waals surface area contributed by atoms with Crippen molar-refractivity contribution in [1.82, 2.24) is 4.90 Å². The van der Waals surface area contributed by atoms with Crippen molar-refractivity contribution in [3.8, 4) is 0 Å². The van der Waals surface area contributed by atoms with Gasteiger partial charge in [-0.2, -0.15) is 0 Å². The van der Waals surface area contributed by atoms with E-state index in [-0.39, 0.29) is 11.5 Å². The third-order valence-corrected chi connectivity index (χ3v) is 5.22. The van der Waals surface area contributed by atoms with Crippen molar-refractivity contribution in [3.05, 3.63) is 21.3 Å². The second kappa shape index (κ2) is 5.49. The Labute approximate surface area is 119 Å². The highest BCUT2D eigenvalue weighted by atomic mass is 35.5. The Morgan fingerprint density at radius 1 is 1.50 bits per heavy atom. The molecule has 102 valence electrons. The number of halogens is 1. The normalized spacial score (nSPS) is 27.0. The van der Waals surface area contributed by atoms with E-state index in [1.165, 1.54) is 4.88 Å². The van der Waals surface area contributed by atoms with Crippen molar-refractivity contribution in [2.24, 2.45) is 11.3 Å². The zero-order chi connectivity index (χ0) is 13.3. The zero-order valence-electron chi connectivity index (χ0n) is 11.3. The Hall–Kier alpha value is -0.0900. The number of nitrogens with zero attached hydrogens (tertiary/aromatic N) is 1. The van der Waals surface area contributed by atoms with E-state index in [0.29, 0.717) is 5.92 Å². The number of thiophene rings is 1. The second-order valence-corrected chi connectivity index (χ2v) is 7.93. The van der Waals surface area contributed by atoms with Gasteiger partial charge in [0.25, 0.3) is 0 Å². The van der Waals surface area contributed by atoms with Gasteiger partial charge in [0.05, 0.1) is 10.4 Å². The van der Waals surface area contributed by atoms with Crippen LogP contribution in [0.3, 0.4) is 0 Å². The fraction of sp³-hybridized carbons (Fsp3) is 0.714. The average molecular weight is 288 g/mol. The molecule has 0 aliphatic heterocycles. The maximum Gasteiger partial charge on any atom is 0.0931 e. The summed E-state index contributed by atoms with van der Waals surface area (Å²) >= 11 is 7.57. The number of aliphatic hydroxyl groups is 1. The van der Waals surface area contributed by atoms with Gasteiger partial charge in [0.15, 0.2) is 0 Å². The molecule has 18 heavy (non-hydrogen) atoms. The SMILES string of the molecule is CN(Cc1ccc(Cl)s1)CC1CCC(C)(C)C1O. The topological polar surface area (TPSA) is 23.5 Å². The third-order valence-electron chi connectivity index (χ3n) is 4.01. The van der Waals surface area contributed by atoms with Crippen molar-refractivity contribution in [2.45, 2.75) is 39.3 Å². The van der Waals surface area contributed by atoms with E-state index in [1.54, 1.807) is 11.3 Å². The summed E-state index contributed by atoms with van der Waals surface area (Å²) in [5, 5.41) is 10.3. The first-order valence-electron chi connectivity index (χ1n) is 6.49. The van der Waals surface area contributed by atoms with Crippen LogP contribution in [0.15, 0.2) is 12.1 Å². The van der Waals surface area contributed by atoms with Crippen LogP contribution in [0, 0.1) is 11.3 Å². The van der Waals surface area contributed by atoms with Crippen LogP contribution in [0.25, 0.3) is 0 Å². The molecule has 2 rings (SSSR count). The Balaban J connectivity index is 1.87. The van der Waals surface area contributed by atoms with Crippen LogP contribution in [0.5, 0.6) is 0 Å². The summed E-state index contributed by atoms with van der Waals surface area (Å²) in [7, 11) is 2.12. The van der Waals surface area contributed by atoms with E-state index < -0.39 is 0 Å². The first kappa shape index (κ1) is 14.3. The molecule has 1 aromatic rings. The molecule has 2 atom stereocenters. The molecule has 0 spiro atoms. The van der Waals surface area contributed by atoms with Crippen LogP contribution in [0.1, 0.15) is 31.6 Å². The van der Waals surface area contributed by atoms with Crippen LogP contribution < -0.4 is 0 Å². The molecule has 1 saturated carbocycles. The van der Waals surface area contributed by atoms with E-state index in [0.717, 1.165) is 30.3 Å². The maximum absolute atomic E-state index is 10.3. The number of aliphatic hydroxyl groups excluding tert-OH is 1. The lowest BCUT2D eigenvalue weighted by molar-refractivity contribution is 0.0349. The van der Waals surface area contributed by atoms with Gasteiger partial charge < -0.3 is 10.0 Å². The van der Waals surface area contributed by atoms with E-state index in [9.17, 15) is 5.11 Å². The van der Waals surface area contributed by atoms with Crippen molar-refractivity contribution < 1.29 is 5.11 Å². The van der Waals surface area contributed by atoms with Gasteiger partial charge >= 0.3 is 0 Å². The molecule has 1 aromatic heterocycles. The molecule has 0 amide bonds. The molecule has 1 heterocycles. The molecule has 4 heteroatoms. The first-order chi connectivity index (χ1) is 8.38. The molecule has 1 N–H and O–H groups in total. The minimum atomic E-state index is -0.174. The van der Waals surface area contributed by atoms with Crippen LogP contribution in [-0.4, -0.2) is 29.7 Å². The van der Waals surface area contributed by atoms with Gasteiger partial charge in [0.1, 0.15) is 0 Å². The molecule has 1 aliphatic carbocycles. The van der Waals surface area contributed by atoms with Gasteiger partial charge in [-0.15, -0.1) is 11.3 Å². The summed E-state index contributed by atoms with van der Waals surface area (Å²) in [6, 6.07) is 4.03. The Kier molecular flexibility index (Phi) is 4.37. The summed E-state index contributed by atoms with van der Waals surface area (Å²) in [5.74, 6) is 0.403. The van der Waals surface area contributed by atoms with Crippen LogP contribution in [0.2, 0.25) is 4.34 Å². The minimum absolute atomic E-state index is 0.0811. The summed E-state index contributed by atoms with van der Waals surface area (Å²) in [4.78, 5) is 3.58. The summed E-state index contributed by atoms with van der Waals surface area (Å²) in [5.41, 5.74) is 0.0811. The quantitative estimate of drug-likeness (QED) is 0.914. The van der Waals surface area contributed by atoms with Gasteiger partial charge in [-0.25, -0.2) is 0 Å². The Bertz CT molecular complexity index is 404. The van der Waals surface area contributed by atoms with Crippen molar-refractivity contribution in [3.63, 3.8) is 0 Å². The molecule has 1 aliphatic rings. The highest BCUT2D eigenvalue weighted by Crippen LogP contribution is 2.41. The highest BCUT2D eigenvalue weighted by Gasteiger charge is 2.40. The predicted octanol–water partition coefficient (Wildman–Crippen LogP) is 3.63. The van der Waals surface area contributed by atoms with Gasteiger partial charge in [-0.1, -0.05) is 25.4 Å². The predicted molar refractivity (Wildman–Crippen MR) is 78.2 cm³/mol. The molecule has 1 fully saturated rings. The summed E-state index contributed by atoms with van der Waals surface area (Å²) in [6.07, 6.45) is 2.08. The highest BCUT2D eigenvalue weighted by molar-refractivity contribution is 7.16. The molecule has 2 unspecified atom stereocenters. The lowest BCUT2D eigenvalue weighted by Gasteiger charge is -2.28. The van der Waals surface area contributed by atoms with Gasteiger partial charge in [-0.3, -0.25) is 0 Å². The number of hydrogen-bond donors (Lipinski definition) is 1. The monoisotopic (exact) mass is 287 g/mol. The molecular formula is C14H22ClNOS. The van der Waals surface area contributed by atoms with Crippen molar-refractivity contribution in [2.75, 3.05) is 13.6 Å². The Morgan fingerprint density at radius 2 is 2.22 bits per heavy atom. The fourth-order valence-corrected chi connectivity index (χ4v) is 4.03. The smallest absolute Gasteiger partial charge is 0.0931 e. The standard InChI is InChI=1S/C14H22ClNOS/c1-14(2)7-6-10(13(14)17)8-16(3)9-11-4-5-12(15)18-11/h4-5,10,13,17H,6-9H2,1-3H3. The molecular weight excluding hydrogens is 266 g/mol. The second-order valence-electron chi connectivity index (χ2n) is 6.13. The van der Waals surface area contributed by atoms with Crippen LogP contribution >= 0.6 is 22.9 Å². The van der Waals surface area contributed by atoms with Crippen molar-refractivity contribution in [1.29, 1.82) is 0 Å². The Morgan fingerprint density at radius 3 is 2.72 bits per heavy atom. The summed E-state index contributed by atoms with van der Waals surface area (Å²) in [6.45, 7) is 6.20. The largest absolute Gasteiger partial charge is 0.392 e. The van der Waals surface area contributed by atoms with Crippen LogP contribution in [-0.2, 0) is 6.54 Å².